The molecule has 0 aromatic heterocycles. The molecular formula is C19H25NaO3S. The van der Waals surface area contributed by atoms with Gasteiger partial charge in [0.1, 0.15) is 10.1 Å². The van der Waals surface area contributed by atoms with E-state index >= 15 is 0 Å². The Kier molecular flexibility index (Phi) is 7.11. The Morgan fingerprint density at radius 2 is 1.29 bits per heavy atom. The molecule has 0 saturated carbocycles. The Hall–Kier alpha value is -0.390. The standard InChI is InChI=1S/C19H26O3S.Na/c1-11(2)15-9-7-14-8-10-16(23(20,21)22)18(13(5)6)19(14)17(15)12(3)4;/h7-13H,1-6H3,(H,20,21,22);/q;+1/p-1. The zero-order valence-corrected chi connectivity index (χ0v) is 18.5. The van der Waals surface area contributed by atoms with Crippen molar-refractivity contribution in [2.75, 3.05) is 0 Å². The van der Waals surface area contributed by atoms with Gasteiger partial charge in [0, 0.05) is 0 Å². The van der Waals surface area contributed by atoms with E-state index in [0.717, 1.165) is 16.3 Å². The zero-order valence-electron chi connectivity index (χ0n) is 15.7. The summed E-state index contributed by atoms with van der Waals surface area (Å²) in [7, 11) is -4.50. The van der Waals surface area contributed by atoms with Gasteiger partial charge in [0.25, 0.3) is 0 Å². The van der Waals surface area contributed by atoms with Gasteiger partial charge in [-0.05, 0) is 51.3 Å². The van der Waals surface area contributed by atoms with Crippen molar-refractivity contribution in [2.45, 2.75) is 64.2 Å². The molecule has 0 heterocycles. The van der Waals surface area contributed by atoms with Crippen molar-refractivity contribution in [3.05, 3.63) is 41.0 Å². The smallest absolute Gasteiger partial charge is 0.744 e. The molecule has 5 heteroatoms. The third-order valence-electron chi connectivity index (χ3n) is 4.31. The van der Waals surface area contributed by atoms with Crippen molar-refractivity contribution in [3.8, 4) is 0 Å². The van der Waals surface area contributed by atoms with Gasteiger partial charge in [0.15, 0.2) is 0 Å². The first-order valence-corrected chi connectivity index (χ1v) is 9.51. The zero-order chi connectivity index (χ0) is 17.5. The van der Waals surface area contributed by atoms with Crippen molar-refractivity contribution in [1.82, 2.24) is 0 Å². The van der Waals surface area contributed by atoms with E-state index < -0.39 is 10.1 Å². The molecule has 0 aliphatic rings. The van der Waals surface area contributed by atoms with Crippen LogP contribution in [0.1, 0.15) is 76.0 Å². The predicted octanol–water partition coefficient (Wildman–Crippen LogP) is 2.12. The number of benzene rings is 2. The number of hydrogen-bond acceptors (Lipinski definition) is 3. The van der Waals surface area contributed by atoms with Crippen LogP contribution in [0.3, 0.4) is 0 Å². The van der Waals surface area contributed by atoms with E-state index in [4.69, 9.17) is 0 Å². The predicted molar refractivity (Wildman–Crippen MR) is 94.2 cm³/mol. The number of hydrogen-bond donors (Lipinski definition) is 0. The van der Waals surface area contributed by atoms with E-state index in [-0.39, 0.29) is 46.3 Å². The Morgan fingerprint density at radius 1 is 0.792 bits per heavy atom. The summed E-state index contributed by atoms with van der Waals surface area (Å²) in [6, 6.07) is 7.36. The molecule has 0 saturated heterocycles. The molecule has 2 aromatic carbocycles. The molecule has 2 rings (SSSR count). The van der Waals surface area contributed by atoms with Crippen molar-refractivity contribution in [3.63, 3.8) is 0 Å². The quantitative estimate of drug-likeness (QED) is 0.623. The fourth-order valence-corrected chi connectivity index (χ4v) is 4.23. The minimum absolute atomic E-state index is 0. The van der Waals surface area contributed by atoms with Gasteiger partial charge in [0.05, 0.1) is 4.90 Å². The van der Waals surface area contributed by atoms with E-state index in [1.807, 2.05) is 19.9 Å². The van der Waals surface area contributed by atoms with Gasteiger partial charge in [-0.3, -0.25) is 0 Å². The molecule has 0 bridgehead atoms. The largest absolute Gasteiger partial charge is 1.00 e. The molecule has 0 atom stereocenters. The van der Waals surface area contributed by atoms with E-state index in [9.17, 15) is 13.0 Å². The molecule has 0 aliphatic heterocycles. The van der Waals surface area contributed by atoms with Crippen molar-refractivity contribution in [1.29, 1.82) is 0 Å². The van der Waals surface area contributed by atoms with Crippen LogP contribution in [-0.2, 0) is 10.1 Å². The third-order valence-corrected chi connectivity index (χ3v) is 5.20. The van der Waals surface area contributed by atoms with E-state index in [2.05, 4.69) is 33.8 Å². The minimum atomic E-state index is -4.50. The van der Waals surface area contributed by atoms with Crippen LogP contribution in [0.15, 0.2) is 29.2 Å². The molecule has 2 aromatic rings. The fourth-order valence-electron chi connectivity index (χ4n) is 3.39. The maximum absolute atomic E-state index is 11.7. The van der Waals surface area contributed by atoms with Gasteiger partial charge in [0.2, 0.25) is 0 Å². The van der Waals surface area contributed by atoms with Crippen LogP contribution < -0.4 is 29.6 Å². The van der Waals surface area contributed by atoms with Crippen LogP contribution in [0.5, 0.6) is 0 Å². The first-order valence-electron chi connectivity index (χ1n) is 8.11. The molecule has 0 N–H and O–H groups in total. The second-order valence-corrected chi connectivity index (χ2v) is 8.41. The van der Waals surface area contributed by atoms with Gasteiger partial charge in [-0.1, -0.05) is 59.7 Å². The molecule has 0 unspecified atom stereocenters. The maximum Gasteiger partial charge on any atom is 1.00 e. The Bertz CT molecular complexity index is 837. The molecule has 0 radical (unpaired) electrons. The first-order chi connectivity index (χ1) is 10.6. The summed E-state index contributed by atoms with van der Waals surface area (Å²) < 4.78 is 35.2. The fraction of sp³-hybridized carbons (Fsp3) is 0.474. The van der Waals surface area contributed by atoms with E-state index in [0.29, 0.717) is 11.5 Å². The minimum Gasteiger partial charge on any atom is -0.744 e. The van der Waals surface area contributed by atoms with E-state index in [1.165, 1.54) is 11.6 Å². The molecule has 24 heavy (non-hydrogen) atoms. The molecule has 0 spiro atoms. The average Bonchev–Trinajstić information content (AvgIpc) is 2.42. The summed E-state index contributed by atoms with van der Waals surface area (Å²) in [5.74, 6) is 0.542. The van der Waals surface area contributed by atoms with Crippen molar-refractivity contribution < 1.29 is 42.5 Å². The molecular weight excluding hydrogens is 331 g/mol. The Balaban J connectivity index is 0.00000288. The molecule has 0 aliphatic carbocycles. The monoisotopic (exact) mass is 356 g/mol. The van der Waals surface area contributed by atoms with Gasteiger partial charge >= 0.3 is 29.6 Å². The topological polar surface area (TPSA) is 57.2 Å². The van der Waals surface area contributed by atoms with Crippen molar-refractivity contribution in [2.24, 2.45) is 0 Å². The van der Waals surface area contributed by atoms with Gasteiger partial charge in [-0.15, -0.1) is 0 Å². The van der Waals surface area contributed by atoms with Gasteiger partial charge in [-0.25, -0.2) is 8.42 Å². The summed E-state index contributed by atoms with van der Waals surface area (Å²) in [6.45, 7) is 12.4. The van der Waals surface area contributed by atoms with E-state index in [1.54, 1.807) is 6.07 Å². The second-order valence-electron chi connectivity index (χ2n) is 7.06. The Labute approximate surface area is 167 Å². The summed E-state index contributed by atoms with van der Waals surface area (Å²) in [5.41, 5.74) is 3.03. The normalized spacial score (nSPS) is 12.2. The summed E-state index contributed by atoms with van der Waals surface area (Å²) in [6.07, 6.45) is 0. The molecule has 3 nitrogen and oxygen atoms in total. The van der Waals surface area contributed by atoms with Crippen LogP contribution in [0.2, 0.25) is 0 Å². The Morgan fingerprint density at radius 3 is 1.71 bits per heavy atom. The molecule has 0 fully saturated rings. The summed E-state index contributed by atoms with van der Waals surface area (Å²) in [4.78, 5) is -0.0807. The van der Waals surface area contributed by atoms with Crippen LogP contribution in [-0.4, -0.2) is 13.0 Å². The van der Waals surface area contributed by atoms with Gasteiger partial charge < -0.3 is 4.55 Å². The molecule has 126 valence electrons. The SMILES string of the molecule is CC(C)c1ccc2ccc(S(=O)(=O)[O-])c(C(C)C)c2c1C(C)C.[Na+]. The van der Waals surface area contributed by atoms with Crippen LogP contribution in [0, 0.1) is 0 Å². The number of fused-ring (bicyclic) bond motifs is 1. The molecule has 0 amide bonds. The summed E-state index contributed by atoms with van der Waals surface area (Å²) >= 11 is 0. The second kappa shape index (κ2) is 7.88. The van der Waals surface area contributed by atoms with Crippen LogP contribution in [0.4, 0.5) is 0 Å². The number of rotatable bonds is 4. The first kappa shape index (κ1) is 21.7. The van der Waals surface area contributed by atoms with Crippen molar-refractivity contribution >= 4 is 20.9 Å². The maximum atomic E-state index is 11.7. The van der Waals surface area contributed by atoms with Crippen LogP contribution >= 0.6 is 0 Å². The third kappa shape index (κ3) is 4.05. The summed E-state index contributed by atoms with van der Waals surface area (Å²) in [5, 5.41) is 1.94. The van der Waals surface area contributed by atoms with Crippen LogP contribution in [0.25, 0.3) is 10.8 Å². The average molecular weight is 356 g/mol. The van der Waals surface area contributed by atoms with Gasteiger partial charge in [-0.2, -0.15) is 0 Å².